The molecule has 0 spiro atoms. The number of ether oxygens (including phenoxy) is 4. The summed E-state index contributed by atoms with van der Waals surface area (Å²) in [4.78, 5) is 0.163. The Morgan fingerprint density at radius 1 is 0.818 bits per heavy atom. The minimum Gasteiger partial charge on any atom is -1.00 e. The number of sulfonamides is 1. The average Bonchev–Trinajstić information content (AvgIpc) is 3.44. The van der Waals surface area contributed by atoms with Gasteiger partial charge in [-0.1, -0.05) is 40.9 Å². The molecule has 0 saturated carbocycles. The van der Waals surface area contributed by atoms with E-state index in [1.165, 1.54) is 21.0 Å². The summed E-state index contributed by atoms with van der Waals surface area (Å²) in [6, 6.07) is 15.0. The molecule has 0 unspecified atom stereocenters. The molecular formula is C33H42BrClN2O6S. The molecule has 0 N–H and O–H groups in total. The van der Waals surface area contributed by atoms with Crippen LogP contribution in [0.3, 0.4) is 0 Å². The quantitative estimate of drug-likeness (QED) is 0.200. The van der Waals surface area contributed by atoms with Gasteiger partial charge in [-0.3, -0.25) is 0 Å². The Balaban J connectivity index is 0.00000442. The molecule has 8 nitrogen and oxygen atoms in total. The van der Waals surface area contributed by atoms with Crippen molar-refractivity contribution in [3.63, 3.8) is 0 Å². The van der Waals surface area contributed by atoms with Crippen LogP contribution in [0.5, 0.6) is 23.0 Å². The highest BCUT2D eigenvalue weighted by Gasteiger charge is 2.29. The molecule has 0 bridgehead atoms. The summed E-state index contributed by atoms with van der Waals surface area (Å²) >= 11 is 6.60. The maximum atomic E-state index is 14.1. The number of aryl methyl sites for hydroxylation is 2. The largest absolute Gasteiger partial charge is 1.00 e. The van der Waals surface area contributed by atoms with Gasteiger partial charge in [0.15, 0.2) is 23.0 Å². The fraction of sp³-hybridized carbons (Fsp3) is 0.455. The van der Waals surface area contributed by atoms with Gasteiger partial charge < -0.3 is 40.4 Å². The van der Waals surface area contributed by atoms with Gasteiger partial charge >= 0.3 is 0 Å². The standard InChI is InChI=1S/C33H42ClN2O6S.BrH/c1-5-36(6-2,22-26-16-24(3)15-25(4)17-26)12-8-7-11-35(21-27-18-31-33(20-29(27)34)42-23-41-31)43(37,38)28-9-10-30-32(19-28)40-14-13-39-30;/h9-10,15-20H,5-8,11-14,21-23H2,1-4H3;1H/q+1;/p-1. The van der Waals surface area contributed by atoms with Crippen molar-refractivity contribution in [2.75, 3.05) is 46.2 Å². The predicted molar refractivity (Wildman–Crippen MR) is 168 cm³/mol. The van der Waals surface area contributed by atoms with Crippen molar-refractivity contribution < 1.29 is 48.8 Å². The first-order chi connectivity index (χ1) is 20.6. The van der Waals surface area contributed by atoms with E-state index in [1.54, 1.807) is 30.3 Å². The number of rotatable bonds is 13. The van der Waals surface area contributed by atoms with Crippen molar-refractivity contribution in [3.8, 4) is 23.0 Å². The summed E-state index contributed by atoms with van der Waals surface area (Å²) in [5, 5.41) is 0.438. The van der Waals surface area contributed by atoms with E-state index in [4.69, 9.17) is 30.5 Å². The first-order valence-corrected chi connectivity index (χ1v) is 16.8. The smallest absolute Gasteiger partial charge is 0.243 e. The lowest BCUT2D eigenvalue weighted by Gasteiger charge is -2.37. The van der Waals surface area contributed by atoms with Crippen LogP contribution in [0, 0.1) is 13.8 Å². The molecule has 0 radical (unpaired) electrons. The number of unbranched alkanes of at least 4 members (excludes halogenated alkanes) is 1. The van der Waals surface area contributed by atoms with E-state index < -0.39 is 10.0 Å². The summed E-state index contributed by atoms with van der Waals surface area (Å²) in [5.74, 6) is 2.11. The maximum absolute atomic E-state index is 14.1. The highest BCUT2D eigenvalue weighted by atomic mass is 79.9. The SMILES string of the molecule is CC[N+](CC)(CCCCN(Cc1cc2c(cc1Cl)OCO2)S(=O)(=O)c1ccc2c(c1)OCCO2)Cc1cc(C)cc(C)c1.[Br-]. The normalized spacial score (nSPS) is 14.0. The summed E-state index contributed by atoms with van der Waals surface area (Å²) in [7, 11) is -3.89. The molecule has 2 aliphatic heterocycles. The molecule has 0 saturated heterocycles. The Hall–Kier alpha value is -2.50. The van der Waals surface area contributed by atoms with Gasteiger partial charge in [0.2, 0.25) is 16.8 Å². The first kappa shape index (κ1) is 34.4. The van der Waals surface area contributed by atoms with Crippen LogP contribution in [0.4, 0.5) is 0 Å². The van der Waals surface area contributed by atoms with E-state index in [2.05, 4.69) is 45.9 Å². The van der Waals surface area contributed by atoms with E-state index in [-0.39, 0.29) is 35.2 Å². The van der Waals surface area contributed by atoms with Crippen LogP contribution in [0.2, 0.25) is 5.02 Å². The topological polar surface area (TPSA) is 74.3 Å². The van der Waals surface area contributed by atoms with Crippen LogP contribution in [0.15, 0.2) is 53.4 Å². The molecule has 0 aromatic heterocycles. The Bertz CT molecular complexity index is 1540. The van der Waals surface area contributed by atoms with Crippen LogP contribution in [0.1, 0.15) is 48.9 Å². The summed E-state index contributed by atoms with van der Waals surface area (Å²) < 4.78 is 53.0. The molecule has 2 heterocycles. The number of nitrogens with zero attached hydrogens (tertiary/aromatic N) is 2. The molecule has 2 aliphatic rings. The van der Waals surface area contributed by atoms with Crippen molar-refractivity contribution in [2.45, 2.75) is 58.5 Å². The molecule has 11 heteroatoms. The zero-order valence-corrected chi connectivity index (χ0v) is 29.1. The number of benzene rings is 3. The van der Waals surface area contributed by atoms with Gasteiger partial charge in [0.1, 0.15) is 19.8 Å². The van der Waals surface area contributed by atoms with Gasteiger partial charge in [-0.25, -0.2) is 8.42 Å². The minimum atomic E-state index is -3.89. The number of quaternary nitrogens is 1. The molecular weight excluding hydrogens is 668 g/mol. The molecule has 0 aliphatic carbocycles. The third kappa shape index (κ3) is 7.83. The molecule has 0 fully saturated rings. The number of halogens is 2. The minimum absolute atomic E-state index is 0. The predicted octanol–water partition coefficient (Wildman–Crippen LogP) is 3.49. The van der Waals surface area contributed by atoms with E-state index in [0.29, 0.717) is 59.8 Å². The molecule has 0 atom stereocenters. The fourth-order valence-corrected chi connectivity index (χ4v) is 7.70. The number of hydrogen-bond donors (Lipinski definition) is 0. The summed E-state index contributed by atoms with van der Waals surface area (Å²) in [6.45, 7) is 14.1. The van der Waals surface area contributed by atoms with Crippen molar-refractivity contribution in [1.29, 1.82) is 0 Å². The first-order valence-electron chi connectivity index (χ1n) is 15.0. The van der Waals surface area contributed by atoms with Gasteiger partial charge in [-0.05, 0) is 64.3 Å². The lowest BCUT2D eigenvalue weighted by atomic mass is 10.1. The van der Waals surface area contributed by atoms with Crippen LogP contribution in [0.25, 0.3) is 0 Å². The van der Waals surface area contributed by atoms with Crippen LogP contribution in [-0.2, 0) is 23.1 Å². The van der Waals surface area contributed by atoms with Crippen molar-refractivity contribution in [1.82, 2.24) is 4.31 Å². The zero-order chi connectivity index (χ0) is 30.6. The number of hydrogen-bond acceptors (Lipinski definition) is 6. The molecule has 3 aromatic rings. The van der Waals surface area contributed by atoms with Gasteiger partial charge in [0.05, 0.1) is 24.5 Å². The van der Waals surface area contributed by atoms with E-state index >= 15 is 0 Å². The molecule has 3 aromatic carbocycles. The van der Waals surface area contributed by atoms with E-state index in [0.717, 1.165) is 37.1 Å². The lowest BCUT2D eigenvalue weighted by molar-refractivity contribution is -0.938. The zero-order valence-electron chi connectivity index (χ0n) is 25.9. The van der Waals surface area contributed by atoms with Gasteiger partial charge in [-0.2, -0.15) is 4.31 Å². The monoisotopic (exact) mass is 708 g/mol. The summed E-state index contributed by atoms with van der Waals surface area (Å²) in [5.41, 5.74) is 4.57. The van der Waals surface area contributed by atoms with Crippen LogP contribution >= 0.6 is 11.6 Å². The van der Waals surface area contributed by atoms with Crippen molar-refractivity contribution in [2.24, 2.45) is 0 Å². The average molecular weight is 710 g/mol. The van der Waals surface area contributed by atoms with Gasteiger partial charge in [0.25, 0.3) is 0 Å². The molecule has 240 valence electrons. The molecule has 44 heavy (non-hydrogen) atoms. The van der Waals surface area contributed by atoms with Crippen molar-refractivity contribution in [3.05, 3.63) is 75.8 Å². The van der Waals surface area contributed by atoms with Crippen molar-refractivity contribution >= 4 is 21.6 Å². The lowest BCUT2D eigenvalue weighted by Crippen LogP contribution is -3.00. The third-order valence-corrected chi connectivity index (χ3v) is 10.7. The molecule has 0 amide bonds. The second-order valence-electron chi connectivity index (χ2n) is 11.5. The number of fused-ring (bicyclic) bond motifs is 2. The maximum Gasteiger partial charge on any atom is 0.243 e. The third-order valence-electron chi connectivity index (χ3n) is 8.47. The van der Waals surface area contributed by atoms with Crippen LogP contribution in [-0.4, -0.2) is 63.4 Å². The highest BCUT2D eigenvalue weighted by molar-refractivity contribution is 7.89. The molecule has 5 rings (SSSR count). The second kappa shape index (κ2) is 14.7. The van der Waals surface area contributed by atoms with Crippen LogP contribution < -0.4 is 35.9 Å². The fourth-order valence-electron chi connectivity index (χ4n) is 6.01. The Morgan fingerprint density at radius 3 is 2.14 bits per heavy atom. The van der Waals surface area contributed by atoms with Gasteiger partial charge in [-0.15, -0.1) is 0 Å². The van der Waals surface area contributed by atoms with Gasteiger partial charge in [0, 0.05) is 35.8 Å². The highest BCUT2D eigenvalue weighted by Crippen LogP contribution is 2.38. The van der Waals surface area contributed by atoms with E-state index in [1.807, 2.05) is 0 Å². The van der Waals surface area contributed by atoms with E-state index in [9.17, 15) is 8.42 Å². The summed E-state index contributed by atoms with van der Waals surface area (Å²) in [6.07, 6.45) is 1.59. The second-order valence-corrected chi connectivity index (χ2v) is 13.8. The Labute approximate surface area is 277 Å². The Morgan fingerprint density at radius 2 is 1.45 bits per heavy atom. The Kier molecular flexibility index (Phi) is 11.5.